The lowest BCUT2D eigenvalue weighted by Gasteiger charge is -2.21. The second-order valence-corrected chi connectivity index (χ2v) is 27.8. The number of aliphatic hydroxyl groups is 1. The van der Waals surface area contributed by atoms with Gasteiger partial charge in [0.1, 0.15) is 19.3 Å². The van der Waals surface area contributed by atoms with Crippen molar-refractivity contribution in [2.75, 3.05) is 39.6 Å². The van der Waals surface area contributed by atoms with Gasteiger partial charge in [-0.05, 0) is 25.7 Å². The zero-order valence-corrected chi connectivity index (χ0v) is 58.5. The summed E-state index contributed by atoms with van der Waals surface area (Å²) in [6.45, 7) is 4.94. The minimum absolute atomic E-state index is 0.108. The van der Waals surface area contributed by atoms with Gasteiger partial charge in [-0.2, -0.15) is 0 Å². The highest BCUT2D eigenvalue weighted by molar-refractivity contribution is 7.47. The fourth-order valence-corrected chi connectivity index (χ4v) is 12.1. The summed E-state index contributed by atoms with van der Waals surface area (Å²) in [6, 6.07) is 0. The van der Waals surface area contributed by atoms with Crippen LogP contribution >= 0.6 is 15.6 Å². The second kappa shape index (κ2) is 63.8. The molecule has 522 valence electrons. The number of unbranched alkanes of at least 4 members (excludes halogenated alkanes) is 44. The molecule has 3 N–H and O–H groups in total. The molecule has 5 atom stereocenters. The molecule has 0 aromatic heterocycles. The van der Waals surface area contributed by atoms with Gasteiger partial charge in [0.05, 0.1) is 26.4 Å². The van der Waals surface area contributed by atoms with Crippen LogP contribution in [-0.4, -0.2) is 96.7 Å². The Morgan fingerprint density at radius 2 is 0.455 bits per heavy atom. The van der Waals surface area contributed by atoms with E-state index in [1.807, 2.05) is 0 Å². The smallest absolute Gasteiger partial charge is 0.462 e. The standard InChI is InChI=1S/C69H134O17P2/c1-5-9-13-17-21-25-29-32-36-40-44-48-52-56-69(74)86-65(60-80-67(72)54-50-46-42-38-34-30-26-22-18-14-10-6-2)62-84-88(77,78)82-58-63(70)57-81-87(75,76)83-61-64(59-79-66(71)53-49-45-41-37-33-28-24-20-16-12-8-4)85-68(73)55-51-47-43-39-35-31-27-23-19-15-11-7-3/h63-65,70H,5-62H2,1-4H3,(H,75,76)(H,77,78)/t63-,64+,65+/m0/s1. The van der Waals surface area contributed by atoms with E-state index in [1.54, 1.807) is 0 Å². The maximum absolute atomic E-state index is 13.0. The quantitative estimate of drug-likeness (QED) is 0.0222. The van der Waals surface area contributed by atoms with Crippen molar-refractivity contribution in [1.29, 1.82) is 0 Å². The first kappa shape index (κ1) is 86.1. The van der Waals surface area contributed by atoms with E-state index >= 15 is 0 Å². The number of hydrogen-bond donors (Lipinski definition) is 3. The van der Waals surface area contributed by atoms with Gasteiger partial charge in [0.15, 0.2) is 12.2 Å². The summed E-state index contributed by atoms with van der Waals surface area (Å²) >= 11 is 0. The Labute approximate surface area is 537 Å². The number of phosphoric acid groups is 2. The minimum Gasteiger partial charge on any atom is -0.462 e. The molecule has 0 fully saturated rings. The number of phosphoric ester groups is 2. The van der Waals surface area contributed by atoms with Gasteiger partial charge in [-0.1, -0.05) is 310 Å². The van der Waals surface area contributed by atoms with Crippen molar-refractivity contribution < 1.29 is 80.2 Å². The molecule has 0 heterocycles. The summed E-state index contributed by atoms with van der Waals surface area (Å²) in [6.07, 6.45) is 51.0. The Morgan fingerprint density at radius 3 is 0.670 bits per heavy atom. The number of aliphatic hydroxyl groups excluding tert-OH is 1. The monoisotopic (exact) mass is 1300 g/mol. The number of ether oxygens (including phenoxy) is 4. The SMILES string of the molecule is CCCCCCCCCCCCCCCC(=O)O[C@H](COC(=O)CCCCCCCCCCCCCC)COP(=O)(O)OC[C@@H](O)COP(=O)(O)OC[C@@H](COC(=O)CCCCCCCCCCCCC)OC(=O)CCCCCCCCCCCCCC. The van der Waals surface area contributed by atoms with Crippen LogP contribution in [-0.2, 0) is 65.4 Å². The fraction of sp³-hybridized carbons (Fsp3) is 0.942. The summed E-state index contributed by atoms with van der Waals surface area (Å²) in [4.78, 5) is 72.5. The van der Waals surface area contributed by atoms with Crippen molar-refractivity contribution in [3.63, 3.8) is 0 Å². The summed E-state index contributed by atoms with van der Waals surface area (Å²) in [5.41, 5.74) is 0. The molecule has 0 saturated heterocycles. The van der Waals surface area contributed by atoms with Gasteiger partial charge < -0.3 is 33.8 Å². The maximum Gasteiger partial charge on any atom is 0.472 e. The zero-order chi connectivity index (χ0) is 64.7. The lowest BCUT2D eigenvalue weighted by atomic mass is 10.0. The van der Waals surface area contributed by atoms with Gasteiger partial charge >= 0.3 is 39.5 Å². The molecule has 0 aliphatic heterocycles. The molecule has 0 rings (SSSR count). The molecule has 2 unspecified atom stereocenters. The van der Waals surface area contributed by atoms with E-state index in [0.29, 0.717) is 25.7 Å². The van der Waals surface area contributed by atoms with Crippen molar-refractivity contribution in [1.82, 2.24) is 0 Å². The van der Waals surface area contributed by atoms with Crippen LogP contribution in [0.2, 0.25) is 0 Å². The molecule has 0 aliphatic carbocycles. The van der Waals surface area contributed by atoms with Gasteiger partial charge in [-0.15, -0.1) is 0 Å². The predicted molar refractivity (Wildman–Crippen MR) is 354 cm³/mol. The molecule has 0 saturated carbocycles. The number of rotatable bonds is 70. The van der Waals surface area contributed by atoms with Gasteiger partial charge in [0.2, 0.25) is 0 Å². The molecule has 0 spiro atoms. The number of carbonyl (C=O) groups excluding carboxylic acids is 4. The van der Waals surface area contributed by atoms with Crippen LogP contribution in [0.4, 0.5) is 0 Å². The van der Waals surface area contributed by atoms with E-state index in [2.05, 4.69) is 27.7 Å². The lowest BCUT2D eigenvalue weighted by molar-refractivity contribution is -0.161. The van der Waals surface area contributed by atoms with Crippen molar-refractivity contribution in [3.8, 4) is 0 Å². The van der Waals surface area contributed by atoms with Crippen molar-refractivity contribution in [2.24, 2.45) is 0 Å². The number of carbonyl (C=O) groups is 4. The summed E-state index contributed by atoms with van der Waals surface area (Å²) in [5.74, 6) is -2.12. The van der Waals surface area contributed by atoms with E-state index in [-0.39, 0.29) is 25.7 Å². The van der Waals surface area contributed by atoms with E-state index in [1.165, 1.54) is 193 Å². The van der Waals surface area contributed by atoms with Crippen molar-refractivity contribution >= 4 is 39.5 Å². The van der Waals surface area contributed by atoms with Crippen LogP contribution in [0.1, 0.15) is 362 Å². The van der Waals surface area contributed by atoms with Gasteiger partial charge in [-0.3, -0.25) is 37.3 Å². The summed E-state index contributed by atoms with van der Waals surface area (Å²) in [5, 5.41) is 10.6. The molecule has 19 heteroatoms. The Balaban J connectivity index is 5.25. The van der Waals surface area contributed by atoms with Gasteiger partial charge in [0.25, 0.3) is 0 Å². The van der Waals surface area contributed by atoms with Crippen LogP contribution in [0.25, 0.3) is 0 Å². The Bertz CT molecular complexity index is 1690. The average molecular weight is 1300 g/mol. The Hall–Kier alpha value is -1.94. The molecule has 0 aromatic carbocycles. The predicted octanol–water partition coefficient (Wildman–Crippen LogP) is 19.9. The zero-order valence-electron chi connectivity index (χ0n) is 56.7. The third-order valence-corrected chi connectivity index (χ3v) is 18.0. The van der Waals surface area contributed by atoms with Crippen molar-refractivity contribution in [3.05, 3.63) is 0 Å². The summed E-state index contributed by atoms with van der Waals surface area (Å²) < 4.78 is 68.3. The lowest BCUT2D eigenvalue weighted by Crippen LogP contribution is -2.30. The Kier molecular flexibility index (Phi) is 62.4. The minimum atomic E-state index is -4.95. The van der Waals surface area contributed by atoms with Gasteiger partial charge in [0, 0.05) is 25.7 Å². The maximum atomic E-state index is 13.0. The second-order valence-electron chi connectivity index (χ2n) is 24.9. The van der Waals surface area contributed by atoms with E-state index in [4.69, 9.17) is 37.0 Å². The highest BCUT2D eigenvalue weighted by atomic mass is 31.2. The third-order valence-electron chi connectivity index (χ3n) is 16.1. The van der Waals surface area contributed by atoms with Crippen molar-refractivity contribution in [2.45, 2.75) is 380 Å². The van der Waals surface area contributed by atoms with Crippen LogP contribution in [0, 0.1) is 0 Å². The molecular weight excluding hydrogens is 1160 g/mol. The van der Waals surface area contributed by atoms with Crippen LogP contribution in [0.3, 0.4) is 0 Å². The fourth-order valence-electron chi connectivity index (χ4n) is 10.5. The first-order valence-electron chi connectivity index (χ1n) is 36.3. The molecule has 88 heavy (non-hydrogen) atoms. The number of esters is 4. The van der Waals surface area contributed by atoms with E-state index < -0.39 is 97.5 Å². The first-order valence-corrected chi connectivity index (χ1v) is 39.3. The Morgan fingerprint density at radius 1 is 0.273 bits per heavy atom. The molecule has 17 nitrogen and oxygen atoms in total. The molecule has 0 aromatic rings. The molecule has 0 radical (unpaired) electrons. The highest BCUT2D eigenvalue weighted by Crippen LogP contribution is 2.45. The van der Waals surface area contributed by atoms with E-state index in [9.17, 15) is 43.2 Å². The average Bonchev–Trinajstić information content (AvgIpc) is 3.68. The first-order chi connectivity index (χ1) is 42.7. The van der Waals surface area contributed by atoms with Crippen LogP contribution < -0.4 is 0 Å². The largest absolute Gasteiger partial charge is 0.472 e. The van der Waals surface area contributed by atoms with Gasteiger partial charge in [-0.25, -0.2) is 9.13 Å². The van der Waals surface area contributed by atoms with Crippen LogP contribution in [0.5, 0.6) is 0 Å². The molecule has 0 amide bonds. The molecule has 0 bridgehead atoms. The highest BCUT2D eigenvalue weighted by Gasteiger charge is 2.30. The van der Waals surface area contributed by atoms with E-state index in [0.717, 1.165) is 89.9 Å². The normalized spacial score (nSPS) is 14.0. The molecule has 0 aliphatic rings. The number of hydrogen-bond acceptors (Lipinski definition) is 15. The summed E-state index contributed by atoms with van der Waals surface area (Å²) in [7, 11) is -9.89. The topological polar surface area (TPSA) is 237 Å². The molecular formula is C69H134O17P2. The third kappa shape index (κ3) is 62.8. The van der Waals surface area contributed by atoms with Crippen LogP contribution in [0.15, 0.2) is 0 Å².